The van der Waals surface area contributed by atoms with E-state index in [0.717, 1.165) is 11.3 Å². The van der Waals surface area contributed by atoms with Gasteiger partial charge in [0.2, 0.25) is 0 Å². The van der Waals surface area contributed by atoms with Gasteiger partial charge in [-0.1, -0.05) is 19.1 Å². The van der Waals surface area contributed by atoms with Crippen LogP contribution < -0.4 is 4.74 Å². The zero-order valence-electron chi connectivity index (χ0n) is 10.7. The smallest absolute Gasteiger partial charge is 0.310 e. The standard InChI is InChI=1S/C14H18O4/c1-14(8-18-9-14)7-12(13(15)16)10-3-5-11(17-2)6-4-10/h3-6,12H,7-9H2,1-2H3,(H,15,16). The topological polar surface area (TPSA) is 55.8 Å². The molecular weight excluding hydrogens is 232 g/mol. The highest BCUT2D eigenvalue weighted by atomic mass is 16.5. The van der Waals surface area contributed by atoms with Crippen LogP contribution in [0.2, 0.25) is 0 Å². The lowest BCUT2D eigenvalue weighted by atomic mass is 9.77. The number of carbonyl (C=O) groups is 1. The van der Waals surface area contributed by atoms with Gasteiger partial charge in [-0.05, 0) is 24.1 Å². The van der Waals surface area contributed by atoms with E-state index in [1.165, 1.54) is 0 Å². The molecule has 0 aliphatic carbocycles. The van der Waals surface area contributed by atoms with E-state index in [1.54, 1.807) is 19.2 Å². The molecule has 1 fully saturated rings. The van der Waals surface area contributed by atoms with Crippen molar-refractivity contribution in [1.82, 2.24) is 0 Å². The highest BCUT2D eigenvalue weighted by Crippen LogP contribution is 2.38. The van der Waals surface area contributed by atoms with Crippen LogP contribution >= 0.6 is 0 Å². The van der Waals surface area contributed by atoms with Crippen LogP contribution in [0.1, 0.15) is 24.8 Å². The van der Waals surface area contributed by atoms with Gasteiger partial charge in [-0.15, -0.1) is 0 Å². The number of aliphatic carboxylic acids is 1. The van der Waals surface area contributed by atoms with Crippen molar-refractivity contribution in [1.29, 1.82) is 0 Å². The third kappa shape index (κ3) is 2.64. The Labute approximate surface area is 107 Å². The van der Waals surface area contributed by atoms with Crippen molar-refractivity contribution in [2.24, 2.45) is 5.41 Å². The Balaban J connectivity index is 2.15. The summed E-state index contributed by atoms with van der Waals surface area (Å²) in [6.45, 7) is 3.36. The average molecular weight is 250 g/mol. The van der Waals surface area contributed by atoms with Gasteiger partial charge in [0.1, 0.15) is 5.75 Å². The zero-order chi connectivity index (χ0) is 13.2. The van der Waals surface area contributed by atoms with Crippen LogP contribution in [0, 0.1) is 5.41 Å². The molecule has 1 aliphatic heterocycles. The fourth-order valence-corrected chi connectivity index (χ4v) is 2.25. The van der Waals surface area contributed by atoms with E-state index in [1.807, 2.05) is 12.1 Å². The first-order valence-corrected chi connectivity index (χ1v) is 5.99. The second-order valence-corrected chi connectivity index (χ2v) is 5.17. The Kier molecular flexibility index (Phi) is 3.57. The minimum absolute atomic E-state index is 0.0109. The first kappa shape index (κ1) is 12.9. The molecule has 1 aromatic rings. The Morgan fingerprint density at radius 3 is 2.44 bits per heavy atom. The predicted octanol–water partition coefficient (Wildman–Crippen LogP) is 2.29. The summed E-state index contributed by atoms with van der Waals surface area (Å²) in [6.07, 6.45) is 0.606. The molecule has 0 radical (unpaired) electrons. The maximum atomic E-state index is 11.4. The molecule has 0 amide bonds. The molecule has 0 saturated carbocycles. The van der Waals surface area contributed by atoms with E-state index >= 15 is 0 Å². The Morgan fingerprint density at radius 2 is 2.06 bits per heavy atom. The lowest BCUT2D eigenvalue weighted by molar-refractivity contribution is -0.145. The molecule has 2 rings (SSSR count). The normalized spacial score (nSPS) is 18.8. The summed E-state index contributed by atoms with van der Waals surface area (Å²) in [5.41, 5.74) is 0.805. The summed E-state index contributed by atoms with van der Waals surface area (Å²) in [4.78, 5) is 11.4. The molecule has 4 heteroatoms. The molecule has 1 saturated heterocycles. The molecule has 1 aromatic carbocycles. The van der Waals surface area contributed by atoms with Crippen molar-refractivity contribution in [3.8, 4) is 5.75 Å². The van der Waals surface area contributed by atoms with Gasteiger partial charge in [0.25, 0.3) is 0 Å². The Hall–Kier alpha value is -1.55. The quantitative estimate of drug-likeness (QED) is 0.871. The van der Waals surface area contributed by atoms with Crippen LogP contribution in [0.4, 0.5) is 0 Å². The summed E-state index contributed by atoms with van der Waals surface area (Å²) in [7, 11) is 1.59. The van der Waals surface area contributed by atoms with Crippen molar-refractivity contribution < 1.29 is 19.4 Å². The Bertz CT molecular complexity index is 420. The fourth-order valence-electron chi connectivity index (χ4n) is 2.25. The predicted molar refractivity (Wildman–Crippen MR) is 66.9 cm³/mol. The number of ether oxygens (including phenoxy) is 2. The Morgan fingerprint density at radius 1 is 1.44 bits per heavy atom. The van der Waals surface area contributed by atoms with Gasteiger partial charge in [0.15, 0.2) is 0 Å². The van der Waals surface area contributed by atoms with Gasteiger partial charge in [0.05, 0.1) is 26.2 Å². The van der Waals surface area contributed by atoms with Gasteiger partial charge in [-0.3, -0.25) is 4.79 Å². The molecule has 0 bridgehead atoms. The maximum Gasteiger partial charge on any atom is 0.310 e. The molecule has 4 nitrogen and oxygen atoms in total. The minimum Gasteiger partial charge on any atom is -0.497 e. The highest BCUT2D eigenvalue weighted by Gasteiger charge is 2.38. The zero-order valence-corrected chi connectivity index (χ0v) is 10.7. The van der Waals surface area contributed by atoms with E-state index in [9.17, 15) is 9.90 Å². The lowest BCUT2D eigenvalue weighted by Gasteiger charge is -2.39. The van der Waals surface area contributed by atoms with Crippen molar-refractivity contribution >= 4 is 5.97 Å². The van der Waals surface area contributed by atoms with Crippen LogP contribution in [-0.4, -0.2) is 31.4 Å². The molecule has 1 heterocycles. The monoisotopic (exact) mass is 250 g/mol. The summed E-state index contributed by atoms with van der Waals surface area (Å²) < 4.78 is 10.3. The van der Waals surface area contributed by atoms with E-state index in [0.29, 0.717) is 19.6 Å². The first-order valence-electron chi connectivity index (χ1n) is 5.99. The van der Waals surface area contributed by atoms with Gasteiger partial charge >= 0.3 is 5.97 Å². The van der Waals surface area contributed by atoms with Crippen LogP contribution in [0.15, 0.2) is 24.3 Å². The number of carboxylic acid groups (broad SMARTS) is 1. The molecule has 1 atom stereocenters. The SMILES string of the molecule is COc1ccc(C(CC2(C)COC2)C(=O)O)cc1. The van der Waals surface area contributed by atoms with Crippen molar-refractivity contribution in [3.63, 3.8) is 0 Å². The summed E-state index contributed by atoms with van der Waals surface area (Å²) in [5.74, 6) is -0.529. The second-order valence-electron chi connectivity index (χ2n) is 5.17. The first-order chi connectivity index (χ1) is 8.54. The largest absolute Gasteiger partial charge is 0.497 e. The summed E-state index contributed by atoms with van der Waals surface area (Å²) >= 11 is 0. The van der Waals surface area contributed by atoms with Crippen LogP contribution in [0.3, 0.4) is 0 Å². The second kappa shape index (κ2) is 4.98. The molecule has 18 heavy (non-hydrogen) atoms. The van der Waals surface area contributed by atoms with Crippen LogP contribution in [0.5, 0.6) is 5.75 Å². The third-order valence-corrected chi connectivity index (χ3v) is 3.41. The molecule has 1 N–H and O–H groups in total. The van der Waals surface area contributed by atoms with E-state index in [4.69, 9.17) is 9.47 Å². The number of hydrogen-bond acceptors (Lipinski definition) is 3. The lowest BCUT2D eigenvalue weighted by Crippen LogP contribution is -2.41. The maximum absolute atomic E-state index is 11.4. The van der Waals surface area contributed by atoms with Gasteiger partial charge in [-0.2, -0.15) is 0 Å². The number of carboxylic acids is 1. The van der Waals surface area contributed by atoms with E-state index in [2.05, 4.69) is 6.92 Å². The van der Waals surface area contributed by atoms with E-state index < -0.39 is 11.9 Å². The number of hydrogen-bond donors (Lipinski definition) is 1. The van der Waals surface area contributed by atoms with Gasteiger partial charge < -0.3 is 14.6 Å². The number of benzene rings is 1. The van der Waals surface area contributed by atoms with E-state index in [-0.39, 0.29) is 5.41 Å². The third-order valence-electron chi connectivity index (χ3n) is 3.41. The van der Waals surface area contributed by atoms with Crippen molar-refractivity contribution in [3.05, 3.63) is 29.8 Å². The van der Waals surface area contributed by atoms with Crippen molar-refractivity contribution in [2.45, 2.75) is 19.3 Å². The van der Waals surface area contributed by atoms with Gasteiger partial charge in [-0.25, -0.2) is 0 Å². The minimum atomic E-state index is -0.784. The molecule has 1 unspecified atom stereocenters. The van der Waals surface area contributed by atoms with Crippen LogP contribution in [0.25, 0.3) is 0 Å². The molecule has 0 spiro atoms. The number of rotatable bonds is 5. The fraction of sp³-hybridized carbons (Fsp3) is 0.500. The molecule has 98 valence electrons. The summed E-state index contributed by atoms with van der Waals surface area (Å²) in [6, 6.07) is 7.23. The summed E-state index contributed by atoms with van der Waals surface area (Å²) in [5, 5.41) is 9.36. The average Bonchev–Trinajstić information content (AvgIpc) is 2.33. The number of methoxy groups -OCH3 is 1. The highest BCUT2D eigenvalue weighted by molar-refractivity contribution is 5.76. The molecule has 1 aliphatic rings. The van der Waals surface area contributed by atoms with Gasteiger partial charge in [0, 0.05) is 5.41 Å². The molecular formula is C14H18O4. The molecule has 0 aromatic heterocycles. The van der Waals surface area contributed by atoms with Crippen LogP contribution in [-0.2, 0) is 9.53 Å². The van der Waals surface area contributed by atoms with Crippen molar-refractivity contribution in [2.75, 3.05) is 20.3 Å².